The van der Waals surface area contributed by atoms with Crippen LogP contribution in [0.2, 0.25) is 0 Å². The fourth-order valence-electron chi connectivity index (χ4n) is 3.43. The number of piperidine rings is 1. The van der Waals surface area contributed by atoms with Crippen molar-refractivity contribution in [2.75, 3.05) is 33.7 Å². The molecule has 0 N–H and O–H groups in total. The van der Waals surface area contributed by atoms with E-state index in [4.69, 9.17) is 0 Å². The van der Waals surface area contributed by atoms with Crippen molar-refractivity contribution >= 4 is 10.0 Å². The van der Waals surface area contributed by atoms with Crippen molar-refractivity contribution in [2.45, 2.75) is 45.4 Å². The maximum absolute atomic E-state index is 13.1. The maximum Gasteiger partial charge on any atom is 0.243 e. The monoisotopic (exact) mass is 338 g/mol. The maximum atomic E-state index is 13.1. The molecule has 1 aromatic carbocycles. The second-order valence-corrected chi connectivity index (χ2v) is 9.10. The van der Waals surface area contributed by atoms with Crippen LogP contribution >= 0.6 is 0 Å². The van der Waals surface area contributed by atoms with Gasteiger partial charge in [-0.25, -0.2) is 12.7 Å². The molecule has 0 aromatic heterocycles. The molecule has 0 unspecified atom stereocenters. The van der Waals surface area contributed by atoms with Crippen molar-refractivity contribution < 1.29 is 8.42 Å². The van der Waals surface area contributed by atoms with Crippen molar-refractivity contribution in [2.24, 2.45) is 5.92 Å². The summed E-state index contributed by atoms with van der Waals surface area (Å²) in [6, 6.07) is 2.07. The summed E-state index contributed by atoms with van der Waals surface area (Å²) in [6.45, 7) is 10.5. The molecule has 0 radical (unpaired) electrons. The van der Waals surface area contributed by atoms with Gasteiger partial charge in [-0.1, -0.05) is 6.07 Å². The summed E-state index contributed by atoms with van der Waals surface area (Å²) in [5.74, 6) is 0.456. The number of sulfonamides is 1. The van der Waals surface area contributed by atoms with Gasteiger partial charge in [0.25, 0.3) is 0 Å². The molecule has 1 aliphatic heterocycles. The molecular weight excluding hydrogens is 308 g/mol. The van der Waals surface area contributed by atoms with Crippen molar-refractivity contribution in [1.82, 2.24) is 9.21 Å². The van der Waals surface area contributed by atoms with E-state index in [1.807, 2.05) is 27.7 Å². The van der Waals surface area contributed by atoms with Crippen LogP contribution in [-0.2, 0) is 10.0 Å². The van der Waals surface area contributed by atoms with Gasteiger partial charge in [0.1, 0.15) is 0 Å². The SMILES string of the molecule is Cc1cc(C)c(C)c(S(=O)(=O)N(C)CC2CCN(C)CC2)c1C. The molecule has 0 saturated carbocycles. The van der Waals surface area contributed by atoms with E-state index in [0.29, 0.717) is 17.4 Å². The Morgan fingerprint density at radius 3 is 2.04 bits per heavy atom. The smallest absolute Gasteiger partial charge is 0.243 e. The first-order chi connectivity index (χ1) is 10.6. The molecule has 0 spiro atoms. The predicted molar refractivity (Wildman–Crippen MR) is 95.4 cm³/mol. The van der Waals surface area contributed by atoms with E-state index in [2.05, 4.69) is 18.0 Å². The summed E-state index contributed by atoms with van der Waals surface area (Å²) >= 11 is 0. The average molecular weight is 339 g/mol. The lowest BCUT2D eigenvalue weighted by Gasteiger charge is -2.32. The number of rotatable bonds is 4. The first kappa shape index (κ1) is 18.4. The van der Waals surface area contributed by atoms with Crippen LogP contribution in [0.25, 0.3) is 0 Å². The minimum atomic E-state index is -3.44. The lowest BCUT2D eigenvalue weighted by atomic mass is 9.97. The molecule has 0 amide bonds. The molecule has 0 bridgehead atoms. The first-order valence-electron chi connectivity index (χ1n) is 8.37. The van der Waals surface area contributed by atoms with Crippen LogP contribution in [0.15, 0.2) is 11.0 Å². The second kappa shape index (κ2) is 6.91. The highest BCUT2D eigenvalue weighted by atomic mass is 32.2. The van der Waals surface area contributed by atoms with E-state index in [1.165, 1.54) is 0 Å². The highest BCUT2D eigenvalue weighted by Gasteiger charge is 2.29. The number of hydrogen-bond donors (Lipinski definition) is 0. The summed E-state index contributed by atoms with van der Waals surface area (Å²) in [4.78, 5) is 2.81. The second-order valence-electron chi connectivity index (χ2n) is 7.12. The zero-order valence-electron chi connectivity index (χ0n) is 15.3. The highest BCUT2D eigenvalue weighted by Crippen LogP contribution is 2.29. The van der Waals surface area contributed by atoms with Crippen LogP contribution in [0.1, 0.15) is 35.1 Å². The molecule has 1 heterocycles. The van der Waals surface area contributed by atoms with E-state index in [9.17, 15) is 8.42 Å². The van der Waals surface area contributed by atoms with E-state index in [1.54, 1.807) is 11.4 Å². The molecule has 2 rings (SSSR count). The summed E-state index contributed by atoms with van der Waals surface area (Å²) in [7, 11) is 0.412. The lowest BCUT2D eigenvalue weighted by Crippen LogP contribution is -2.38. The van der Waals surface area contributed by atoms with E-state index >= 15 is 0 Å². The van der Waals surface area contributed by atoms with Crippen molar-refractivity contribution in [3.8, 4) is 0 Å². The van der Waals surface area contributed by atoms with Crippen LogP contribution < -0.4 is 0 Å². The van der Waals surface area contributed by atoms with Gasteiger partial charge in [0.05, 0.1) is 4.90 Å². The third-order valence-corrected chi connectivity index (χ3v) is 7.42. The molecule has 4 nitrogen and oxygen atoms in total. The summed E-state index contributed by atoms with van der Waals surface area (Å²) < 4.78 is 27.8. The number of likely N-dealkylation sites (tertiary alicyclic amines) is 1. The van der Waals surface area contributed by atoms with Gasteiger partial charge in [0.2, 0.25) is 10.0 Å². The van der Waals surface area contributed by atoms with Crippen LogP contribution in [0.5, 0.6) is 0 Å². The van der Waals surface area contributed by atoms with E-state index in [0.717, 1.165) is 48.2 Å². The average Bonchev–Trinajstić information content (AvgIpc) is 2.47. The van der Waals surface area contributed by atoms with Crippen LogP contribution in [0.3, 0.4) is 0 Å². The Morgan fingerprint density at radius 1 is 1.09 bits per heavy atom. The quantitative estimate of drug-likeness (QED) is 0.847. The van der Waals surface area contributed by atoms with Crippen LogP contribution in [0, 0.1) is 33.6 Å². The van der Waals surface area contributed by atoms with Crippen molar-refractivity contribution in [1.29, 1.82) is 0 Å². The molecule has 1 aromatic rings. The minimum absolute atomic E-state index is 0.456. The Morgan fingerprint density at radius 2 is 1.57 bits per heavy atom. The molecular formula is C18H30N2O2S. The van der Waals surface area contributed by atoms with E-state index < -0.39 is 10.0 Å². The number of hydrogen-bond acceptors (Lipinski definition) is 3. The van der Waals surface area contributed by atoms with Crippen molar-refractivity contribution in [3.05, 3.63) is 28.3 Å². The number of nitrogens with zero attached hydrogens (tertiary/aromatic N) is 2. The normalized spacial score (nSPS) is 17.9. The summed E-state index contributed by atoms with van der Waals surface area (Å²) in [5, 5.41) is 0. The highest BCUT2D eigenvalue weighted by molar-refractivity contribution is 7.89. The molecule has 1 saturated heterocycles. The van der Waals surface area contributed by atoms with Gasteiger partial charge in [0.15, 0.2) is 0 Å². The van der Waals surface area contributed by atoms with Gasteiger partial charge in [-0.3, -0.25) is 0 Å². The van der Waals surface area contributed by atoms with Gasteiger partial charge in [-0.2, -0.15) is 0 Å². The van der Waals surface area contributed by atoms with Gasteiger partial charge >= 0.3 is 0 Å². The number of aryl methyl sites for hydroxylation is 2. The molecule has 0 atom stereocenters. The topological polar surface area (TPSA) is 40.6 Å². The Balaban J connectivity index is 2.28. The van der Waals surface area contributed by atoms with Crippen LogP contribution in [-0.4, -0.2) is 51.4 Å². The minimum Gasteiger partial charge on any atom is -0.306 e. The third-order valence-electron chi connectivity index (χ3n) is 5.32. The zero-order chi connectivity index (χ0) is 17.4. The summed E-state index contributed by atoms with van der Waals surface area (Å²) in [6.07, 6.45) is 2.14. The lowest BCUT2D eigenvalue weighted by molar-refractivity contribution is 0.202. The largest absolute Gasteiger partial charge is 0.306 e. The van der Waals surface area contributed by atoms with Gasteiger partial charge < -0.3 is 4.90 Å². The standard InChI is InChI=1S/C18H30N2O2S/c1-13-11-14(2)16(4)18(15(13)3)23(21,22)20(6)12-17-7-9-19(5)10-8-17/h11,17H,7-10,12H2,1-6H3. The molecule has 1 fully saturated rings. The fraction of sp³-hybridized carbons (Fsp3) is 0.667. The summed E-state index contributed by atoms with van der Waals surface area (Å²) in [5.41, 5.74) is 3.84. The van der Waals surface area contributed by atoms with Gasteiger partial charge in [-0.15, -0.1) is 0 Å². The molecule has 130 valence electrons. The van der Waals surface area contributed by atoms with Gasteiger partial charge in [-0.05, 0) is 88.8 Å². The Kier molecular flexibility index (Phi) is 5.54. The Labute approximate surface area is 141 Å². The van der Waals surface area contributed by atoms with Gasteiger partial charge in [0, 0.05) is 13.6 Å². The van der Waals surface area contributed by atoms with Crippen molar-refractivity contribution in [3.63, 3.8) is 0 Å². The fourth-order valence-corrected chi connectivity index (χ4v) is 5.24. The number of benzene rings is 1. The van der Waals surface area contributed by atoms with Crippen LogP contribution in [0.4, 0.5) is 0 Å². The Bertz CT molecular complexity index is 649. The predicted octanol–water partition coefficient (Wildman–Crippen LogP) is 2.88. The molecule has 1 aliphatic rings. The molecule has 23 heavy (non-hydrogen) atoms. The first-order valence-corrected chi connectivity index (χ1v) is 9.81. The molecule has 0 aliphatic carbocycles. The molecule has 5 heteroatoms. The zero-order valence-corrected chi connectivity index (χ0v) is 16.1. The Hall–Kier alpha value is -0.910. The third kappa shape index (κ3) is 3.78. The van der Waals surface area contributed by atoms with E-state index in [-0.39, 0.29) is 0 Å².